The first-order valence-electron chi connectivity index (χ1n) is 7.45. The lowest BCUT2D eigenvalue weighted by Gasteiger charge is -2.04. The normalized spacial score (nSPS) is 10.9. The summed E-state index contributed by atoms with van der Waals surface area (Å²) in [4.78, 5) is 11.1. The van der Waals surface area contributed by atoms with Crippen LogP contribution in [0.15, 0.2) is 59.1 Å². The van der Waals surface area contributed by atoms with Crippen LogP contribution in [0.5, 0.6) is 0 Å². The van der Waals surface area contributed by atoms with Crippen LogP contribution in [0.1, 0.15) is 35.7 Å². The van der Waals surface area contributed by atoms with E-state index >= 15 is 0 Å². The van der Waals surface area contributed by atoms with Gasteiger partial charge in [-0.25, -0.2) is 4.79 Å². The molecule has 23 heavy (non-hydrogen) atoms. The minimum absolute atomic E-state index is 0.224. The molecule has 0 spiro atoms. The molecule has 1 N–H and O–H groups in total. The van der Waals surface area contributed by atoms with Gasteiger partial charge in [-0.15, -0.1) is 0 Å². The molecule has 0 aliphatic heterocycles. The van der Waals surface area contributed by atoms with Gasteiger partial charge in [0.05, 0.1) is 5.56 Å². The molecular formula is C19H17NO3. The van der Waals surface area contributed by atoms with E-state index in [0.29, 0.717) is 17.2 Å². The van der Waals surface area contributed by atoms with Crippen molar-refractivity contribution in [1.82, 2.24) is 5.16 Å². The zero-order valence-corrected chi connectivity index (χ0v) is 13.0. The van der Waals surface area contributed by atoms with Gasteiger partial charge in [0.1, 0.15) is 5.69 Å². The van der Waals surface area contributed by atoms with Gasteiger partial charge in [0.25, 0.3) is 0 Å². The van der Waals surface area contributed by atoms with E-state index in [-0.39, 0.29) is 5.56 Å². The highest BCUT2D eigenvalue weighted by atomic mass is 16.5. The second-order valence-corrected chi connectivity index (χ2v) is 5.74. The van der Waals surface area contributed by atoms with Gasteiger partial charge in [0.15, 0.2) is 5.76 Å². The monoisotopic (exact) mass is 307 g/mol. The van der Waals surface area contributed by atoms with Crippen LogP contribution in [0.2, 0.25) is 0 Å². The van der Waals surface area contributed by atoms with E-state index in [1.165, 1.54) is 5.56 Å². The van der Waals surface area contributed by atoms with Gasteiger partial charge in [-0.2, -0.15) is 0 Å². The molecule has 0 saturated heterocycles. The highest BCUT2D eigenvalue weighted by molar-refractivity contribution is 5.89. The van der Waals surface area contributed by atoms with Crippen LogP contribution in [0, 0.1) is 0 Å². The summed E-state index contributed by atoms with van der Waals surface area (Å²) in [5.74, 6) is 0.0718. The smallest absolute Gasteiger partial charge is 0.335 e. The molecule has 0 fully saturated rings. The lowest BCUT2D eigenvalue weighted by molar-refractivity contribution is 0.0697. The van der Waals surface area contributed by atoms with Crippen molar-refractivity contribution in [2.24, 2.45) is 0 Å². The SMILES string of the molecule is CC(C)c1ccc(-c2cc(-c3cccc(C(=O)O)c3)on2)cc1. The number of carbonyl (C=O) groups is 1. The van der Waals surface area contributed by atoms with Crippen molar-refractivity contribution >= 4 is 5.97 Å². The van der Waals surface area contributed by atoms with Gasteiger partial charge < -0.3 is 9.63 Å². The fraction of sp³-hybridized carbons (Fsp3) is 0.158. The molecule has 3 rings (SSSR count). The number of benzene rings is 2. The molecule has 2 aromatic carbocycles. The summed E-state index contributed by atoms with van der Waals surface area (Å²) >= 11 is 0. The van der Waals surface area contributed by atoms with E-state index in [1.807, 2.05) is 18.2 Å². The van der Waals surface area contributed by atoms with Crippen LogP contribution in [0.25, 0.3) is 22.6 Å². The highest BCUT2D eigenvalue weighted by Gasteiger charge is 2.11. The van der Waals surface area contributed by atoms with Gasteiger partial charge in [0.2, 0.25) is 0 Å². The molecule has 0 radical (unpaired) electrons. The van der Waals surface area contributed by atoms with Gasteiger partial charge in [-0.1, -0.05) is 55.4 Å². The second kappa shape index (κ2) is 6.08. The first-order chi connectivity index (χ1) is 11.0. The zero-order chi connectivity index (χ0) is 16.4. The lowest BCUT2D eigenvalue weighted by atomic mass is 10.0. The summed E-state index contributed by atoms with van der Waals surface area (Å²) < 4.78 is 5.37. The molecular weight excluding hydrogens is 290 g/mol. The Kier molecular flexibility index (Phi) is 3.98. The molecule has 3 aromatic rings. The molecule has 0 aliphatic rings. The maximum atomic E-state index is 11.1. The van der Waals surface area contributed by atoms with Crippen LogP contribution in [0.4, 0.5) is 0 Å². The molecule has 0 aliphatic carbocycles. The Morgan fingerprint density at radius 3 is 2.43 bits per heavy atom. The maximum Gasteiger partial charge on any atom is 0.335 e. The fourth-order valence-electron chi connectivity index (χ4n) is 2.39. The van der Waals surface area contributed by atoms with Crippen LogP contribution >= 0.6 is 0 Å². The van der Waals surface area contributed by atoms with Crippen molar-refractivity contribution < 1.29 is 14.4 Å². The number of aromatic carboxylic acids is 1. The molecule has 4 heteroatoms. The van der Waals surface area contributed by atoms with Crippen molar-refractivity contribution in [2.45, 2.75) is 19.8 Å². The molecule has 0 amide bonds. The quantitative estimate of drug-likeness (QED) is 0.749. The standard InChI is InChI=1S/C19H17NO3/c1-12(2)13-6-8-14(9-7-13)17-11-18(23-20-17)15-4-3-5-16(10-15)19(21)22/h3-12H,1-2H3,(H,21,22). The first kappa shape index (κ1) is 15.0. The Morgan fingerprint density at radius 2 is 1.78 bits per heavy atom. The first-order valence-corrected chi connectivity index (χ1v) is 7.45. The molecule has 1 aromatic heterocycles. The number of nitrogens with zero attached hydrogens (tertiary/aromatic N) is 1. The predicted octanol–water partition coefficient (Wildman–Crippen LogP) is 4.83. The average Bonchev–Trinajstić information content (AvgIpc) is 3.05. The molecule has 116 valence electrons. The molecule has 1 heterocycles. The van der Waals surface area contributed by atoms with Crippen molar-refractivity contribution in [1.29, 1.82) is 0 Å². The third-order valence-electron chi connectivity index (χ3n) is 3.78. The molecule has 0 atom stereocenters. The van der Waals surface area contributed by atoms with Crippen molar-refractivity contribution in [3.63, 3.8) is 0 Å². The Morgan fingerprint density at radius 1 is 1.04 bits per heavy atom. The van der Waals surface area contributed by atoms with Crippen LogP contribution in [-0.4, -0.2) is 16.2 Å². The van der Waals surface area contributed by atoms with Crippen LogP contribution in [0.3, 0.4) is 0 Å². The van der Waals surface area contributed by atoms with Gasteiger partial charge in [0, 0.05) is 17.2 Å². The maximum absolute atomic E-state index is 11.1. The van der Waals surface area contributed by atoms with Gasteiger partial charge >= 0.3 is 5.97 Å². The minimum atomic E-state index is -0.962. The third kappa shape index (κ3) is 3.16. The van der Waals surface area contributed by atoms with Gasteiger partial charge in [-0.3, -0.25) is 0 Å². The number of carboxylic acids is 1. The second-order valence-electron chi connectivity index (χ2n) is 5.74. The van der Waals surface area contributed by atoms with E-state index in [0.717, 1.165) is 11.3 Å². The largest absolute Gasteiger partial charge is 0.478 e. The highest BCUT2D eigenvalue weighted by Crippen LogP contribution is 2.27. The van der Waals surface area contributed by atoms with E-state index in [4.69, 9.17) is 9.63 Å². The number of aromatic nitrogens is 1. The van der Waals surface area contributed by atoms with Crippen molar-refractivity contribution in [3.05, 3.63) is 65.7 Å². The van der Waals surface area contributed by atoms with Crippen LogP contribution < -0.4 is 0 Å². The summed E-state index contributed by atoms with van der Waals surface area (Å²) in [6.45, 7) is 4.30. The minimum Gasteiger partial charge on any atom is -0.478 e. The predicted molar refractivity (Wildman–Crippen MR) is 88.4 cm³/mol. The Hall–Kier alpha value is -2.88. The summed E-state index contributed by atoms with van der Waals surface area (Å²) in [7, 11) is 0. The topological polar surface area (TPSA) is 63.3 Å². The van der Waals surface area contributed by atoms with E-state index in [2.05, 4.69) is 31.1 Å². The Labute approximate surface area is 134 Å². The molecule has 0 unspecified atom stereocenters. The molecule has 0 saturated carbocycles. The van der Waals surface area contributed by atoms with Crippen LogP contribution in [-0.2, 0) is 0 Å². The summed E-state index contributed by atoms with van der Waals surface area (Å²) in [5.41, 5.74) is 3.89. The van der Waals surface area contributed by atoms with E-state index in [9.17, 15) is 4.79 Å². The Bertz CT molecular complexity index is 832. The Balaban J connectivity index is 1.91. The van der Waals surface area contributed by atoms with Crippen molar-refractivity contribution in [2.75, 3.05) is 0 Å². The number of hydrogen-bond acceptors (Lipinski definition) is 3. The van der Waals surface area contributed by atoms with E-state index < -0.39 is 5.97 Å². The molecule has 4 nitrogen and oxygen atoms in total. The number of hydrogen-bond donors (Lipinski definition) is 1. The summed E-state index contributed by atoms with van der Waals surface area (Å²) in [5, 5.41) is 13.2. The number of carboxylic acid groups (broad SMARTS) is 1. The average molecular weight is 307 g/mol. The zero-order valence-electron chi connectivity index (χ0n) is 13.0. The fourth-order valence-corrected chi connectivity index (χ4v) is 2.39. The number of rotatable bonds is 4. The van der Waals surface area contributed by atoms with Crippen molar-refractivity contribution in [3.8, 4) is 22.6 Å². The molecule has 0 bridgehead atoms. The summed E-state index contributed by atoms with van der Waals surface area (Å²) in [6, 6.07) is 16.7. The van der Waals surface area contributed by atoms with E-state index in [1.54, 1.807) is 24.3 Å². The lowest BCUT2D eigenvalue weighted by Crippen LogP contribution is -1.95. The van der Waals surface area contributed by atoms with Gasteiger partial charge in [-0.05, 0) is 23.6 Å². The third-order valence-corrected chi connectivity index (χ3v) is 3.78. The summed E-state index contributed by atoms with van der Waals surface area (Å²) in [6.07, 6.45) is 0.